The van der Waals surface area contributed by atoms with E-state index in [0.717, 1.165) is 23.8 Å². The van der Waals surface area contributed by atoms with Gasteiger partial charge in [-0.25, -0.2) is 10.1 Å². The fourth-order valence-corrected chi connectivity index (χ4v) is 3.75. The van der Waals surface area contributed by atoms with Crippen molar-refractivity contribution in [1.82, 2.24) is 21.0 Å². The highest BCUT2D eigenvalue weighted by Gasteiger charge is 2.19. The molecule has 9 heteroatoms. The van der Waals surface area contributed by atoms with Crippen molar-refractivity contribution in [2.45, 2.75) is 45.2 Å². The van der Waals surface area contributed by atoms with Crippen LogP contribution in [0.5, 0.6) is 0 Å². The standard InChI is InChI=1S/C25H30N6O3/c1-17-11-13-18(14-12-17)23-28-22(34-31-23)10-6-9-21(32)26-15-4-5-16-27-24-19-7-2-3-8-20(19)25(33)30-29-24/h2-3,7-8,11-14,23,31H,4-6,9-10,15-16H2,1H3,(H,26,32)(H,27,29)(H,30,33). The number of benzene rings is 2. The largest absolute Gasteiger partial charge is 0.391 e. The van der Waals surface area contributed by atoms with Gasteiger partial charge in [-0.3, -0.25) is 9.59 Å². The van der Waals surface area contributed by atoms with Gasteiger partial charge in [0.25, 0.3) is 5.56 Å². The lowest BCUT2D eigenvalue weighted by Crippen LogP contribution is -2.24. The van der Waals surface area contributed by atoms with Crippen molar-refractivity contribution in [2.75, 3.05) is 18.4 Å². The minimum Gasteiger partial charge on any atom is -0.391 e. The van der Waals surface area contributed by atoms with E-state index in [1.807, 2.05) is 49.4 Å². The molecule has 1 atom stereocenters. The number of hydroxylamine groups is 1. The average molecular weight is 463 g/mol. The summed E-state index contributed by atoms with van der Waals surface area (Å²) in [6.45, 7) is 3.37. The van der Waals surface area contributed by atoms with Crippen LogP contribution in [0.2, 0.25) is 0 Å². The first-order valence-electron chi connectivity index (χ1n) is 11.6. The molecule has 0 aliphatic carbocycles. The summed E-state index contributed by atoms with van der Waals surface area (Å²) in [7, 11) is 0. The van der Waals surface area contributed by atoms with Crippen molar-refractivity contribution in [3.05, 3.63) is 70.0 Å². The van der Waals surface area contributed by atoms with Crippen molar-refractivity contribution in [3.63, 3.8) is 0 Å². The summed E-state index contributed by atoms with van der Waals surface area (Å²) >= 11 is 0. The first-order valence-corrected chi connectivity index (χ1v) is 11.6. The van der Waals surface area contributed by atoms with E-state index in [1.54, 1.807) is 6.07 Å². The van der Waals surface area contributed by atoms with Crippen LogP contribution in [0, 0.1) is 6.92 Å². The lowest BCUT2D eigenvalue weighted by Gasteiger charge is -2.08. The summed E-state index contributed by atoms with van der Waals surface area (Å²) in [5.41, 5.74) is 4.99. The van der Waals surface area contributed by atoms with Gasteiger partial charge in [0.2, 0.25) is 11.8 Å². The van der Waals surface area contributed by atoms with Crippen molar-refractivity contribution >= 4 is 28.4 Å². The number of aliphatic imine (C=N–C) groups is 1. The third kappa shape index (κ3) is 6.20. The Hall–Kier alpha value is -3.72. The van der Waals surface area contributed by atoms with Gasteiger partial charge >= 0.3 is 0 Å². The Morgan fingerprint density at radius 3 is 2.62 bits per heavy atom. The molecule has 2 aromatic carbocycles. The van der Waals surface area contributed by atoms with Gasteiger partial charge < -0.3 is 15.5 Å². The fraction of sp³-hybridized carbons (Fsp3) is 0.360. The molecule has 0 spiro atoms. The van der Waals surface area contributed by atoms with Crippen LogP contribution in [0.15, 0.2) is 58.3 Å². The van der Waals surface area contributed by atoms with Gasteiger partial charge in [0.05, 0.1) is 5.39 Å². The molecule has 0 fully saturated rings. The van der Waals surface area contributed by atoms with E-state index in [1.165, 1.54) is 5.56 Å². The molecule has 0 saturated carbocycles. The molecule has 0 radical (unpaired) electrons. The van der Waals surface area contributed by atoms with Crippen molar-refractivity contribution in [3.8, 4) is 0 Å². The Bertz CT molecular complexity index is 1210. The van der Waals surface area contributed by atoms with Gasteiger partial charge in [0.1, 0.15) is 0 Å². The Balaban J connectivity index is 1.09. The van der Waals surface area contributed by atoms with Crippen LogP contribution in [0.1, 0.15) is 49.4 Å². The van der Waals surface area contributed by atoms with E-state index in [9.17, 15) is 9.59 Å². The van der Waals surface area contributed by atoms with Crippen LogP contribution >= 0.6 is 0 Å². The Labute approximate surface area is 198 Å². The second-order valence-electron chi connectivity index (χ2n) is 8.34. The van der Waals surface area contributed by atoms with E-state index in [-0.39, 0.29) is 17.6 Å². The number of aromatic nitrogens is 2. The van der Waals surface area contributed by atoms with Gasteiger partial charge in [-0.05, 0) is 37.8 Å². The Morgan fingerprint density at radius 1 is 1.03 bits per heavy atom. The second kappa shape index (κ2) is 11.4. The molecule has 2 heterocycles. The van der Waals surface area contributed by atoms with E-state index in [4.69, 9.17) is 4.84 Å². The molecule has 1 unspecified atom stereocenters. The van der Waals surface area contributed by atoms with Crippen LogP contribution in [0.4, 0.5) is 5.82 Å². The highest BCUT2D eigenvalue weighted by molar-refractivity contribution is 5.90. The summed E-state index contributed by atoms with van der Waals surface area (Å²) in [5, 5.41) is 14.2. The Morgan fingerprint density at radius 2 is 1.79 bits per heavy atom. The van der Waals surface area contributed by atoms with Crippen LogP contribution in [-0.2, 0) is 9.63 Å². The number of anilines is 1. The number of nitrogens with zero attached hydrogens (tertiary/aromatic N) is 2. The highest BCUT2D eigenvalue weighted by Crippen LogP contribution is 2.21. The number of carbonyl (C=O) groups excluding carboxylic acids is 1. The molecule has 1 amide bonds. The third-order valence-corrected chi connectivity index (χ3v) is 5.66. The van der Waals surface area contributed by atoms with Crippen LogP contribution < -0.4 is 21.7 Å². The molecule has 4 rings (SSSR count). The minimum absolute atomic E-state index is 0.0305. The van der Waals surface area contributed by atoms with Gasteiger partial charge in [-0.1, -0.05) is 48.0 Å². The zero-order valence-corrected chi connectivity index (χ0v) is 19.3. The number of fused-ring (bicyclic) bond motifs is 1. The highest BCUT2D eigenvalue weighted by atomic mass is 16.7. The molecule has 1 aromatic heterocycles. The van der Waals surface area contributed by atoms with Crippen molar-refractivity contribution in [2.24, 2.45) is 4.99 Å². The molecule has 4 N–H and O–H groups in total. The topological polar surface area (TPSA) is 120 Å². The molecule has 34 heavy (non-hydrogen) atoms. The van der Waals surface area contributed by atoms with Crippen LogP contribution in [0.25, 0.3) is 10.8 Å². The van der Waals surface area contributed by atoms with E-state index < -0.39 is 0 Å². The number of unbranched alkanes of at least 4 members (excludes halogenated alkanes) is 1. The van der Waals surface area contributed by atoms with Crippen molar-refractivity contribution in [1.29, 1.82) is 0 Å². The molecular formula is C25H30N6O3. The number of hydrogen-bond donors (Lipinski definition) is 4. The number of carbonyl (C=O) groups is 1. The predicted molar refractivity (Wildman–Crippen MR) is 133 cm³/mol. The lowest BCUT2D eigenvalue weighted by atomic mass is 10.1. The third-order valence-electron chi connectivity index (χ3n) is 5.66. The number of H-pyrrole nitrogens is 1. The second-order valence-corrected chi connectivity index (χ2v) is 8.34. The number of nitrogens with one attached hydrogen (secondary N) is 4. The number of rotatable bonds is 11. The average Bonchev–Trinajstić information content (AvgIpc) is 3.32. The van der Waals surface area contributed by atoms with E-state index in [2.05, 4.69) is 31.3 Å². The molecule has 178 valence electrons. The van der Waals surface area contributed by atoms with Gasteiger partial charge in [0, 0.05) is 31.3 Å². The Kier molecular flexibility index (Phi) is 7.87. The first kappa shape index (κ1) is 23.4. The summed E-state index contributed by atoms with van der Waals surface area (Å²) < 4.78 is 0. The van der Waals surface area contributed by atoms with Crippen LogP contribution in [0.3, 0.4) is 0 Å². The molecular weight excluding hydrogens is 432 g/mol. The molecule has 3 aromatic rings. The maximum absolute atomic E-state index is 12.1. The van der Waals surface area contributed by atoms with Gasteiger partial charge in [-0.2, -0.15) is 5.10 Å². The zero-order chi connectivity index (χ0) is 23.8. The normalized spacial score (nSPS) is 15.1. The molecule has 0 saturated heterocycles. The lowest BCUT2D eigenvalue weighted by molar-refractivity contribution is -0.121. The summed E-state index contributed by atoms with van der Waals surface area (Å²) in [5.74, 6) is 1.33. The maximum atomic E-state index is 12.1. The van der Waals surface area contributed by atoms with E-state index in [0.29, 0.717) is 49.5 Å². The molecule has 9 nitrogen and oxygen atoms in total. The number of hydrogen-bond acceptors (Lipinski definition) is 7. The monoisotopic (exact) mass is 462 g/mol. The molecule has 0 bridgehead atoms. The first-order chi connectivity index (χ1) is 16.6. The smallest absolute Gasteiger partial charge is 0.272 e. The number of amides is 1. The maximum Gasteiger partial charge on any atom is 0.272 e. The SMILES string of the molecule is Cc1ccc(C2N=C(CCCC(=O)NCCCCNc3n[nH]c(=O)c4ccccc34)ON2)cc1. The summed E-state index contributed by atoms with van der Waals surface area (Å²) in [6, 6.07) is 15.5. The van der Waals surface area contributed by atoms with Gasteiger partial charge in [0.15, 0.2) is 12.0 Å². The minimum atomic E-state index is -0.197. The van der Waals surface area contributed by atoms with Crippen molar-refractivity contribution < 1.29 is 9.63 Å². The zero-order valence-electron chi connectivity index (χ0n) is 19.3. The molecule has 1 aliphatic rings. The number of aromatic amines is 1. The molecule has 1 aliphatic heterocycles. The van der Waals surface area contributed by atoms with E-state index >= 15 is 0 Å². The predicted octanol–water partition coefficient (Wildman–Crippen LogP) is 3.34. The summed E-state index contributed by atoms with van der Waals surface area (Å²) in [6.07, 6.45) is 3.25. The number of aryl methyl sites for hydroxylation is 1. The summed E-state index contributed by atoms with van der Waals surface area (Å²) in [4.78, 5) is 34.0. The fourth-order valence-electron chi connectivity index (χ4n) is 3.75. The van der Waals surface area contributed by atoms with Crippen LogP contribution in [-0.4, -0.2) is 35.1 Å². The van der Waals surface area contributed by atoms with Gasteiger partial charge in [-0.15, -0.1) is 5.48 Å². The quantitative estimate of drug-likeness (QED) is 0.324.